The van der Waals surface area contributed by atoms with E-state index < -0.39 is 11.7 Å². The Labute approximate surface area is 136 Å². The van der Waals surface area contributed by atoms with Crippen molar-refractivity contribution >= 4 is 6.09 Å². The molecule has 0 spiro atoms. The van der Waals surface area contributed by atoms with Crippen LogP contribution in [0, 0.1) is 0 Å². The summed E-state index contributed by atoms with van der Waals surface area (Å²) in [5, 5.41) is 2.70. The predicted octanol–water partition coefficient (Wildman–Crippen LogP) is 3.69. The lowest BCUT2D eigenvalue weighted by Crippen LogP contribution is -2.32. The van der Waals surface area contributed by atoms with E-state index in [1.165, 1.54) is 0 Å². The van der Waals surface area contributed by atoms with Crippen LogP contribution in [-0.2, 0) is 17.9 Å². The van der Waals surface area contributed by atoms with Crippen LogP contribution in [0.1, 0.15) is 31.9 Å². The first-order valence-corrected chi connectivity index (χ1v) is 7.50. The number of hydrogen-bond donors (Lipinski definition) is 1. The van der Waals surface area contributed by atoms with Gasteiger partial charge in [-0.3, -0.25) is 4.98 Å². The van der Waals surface area contributed by atoms with Gasteiger partial charge in [-0.25, -0.2) is 4.79 Å². The van der Waals surface area contributed by atoms with Crippen LogP contribution in [0.3, 0.4) is 0 Å². The molecular weight excluding hydrogens is 292 g/mol. The average molecular weight is 314 g/mol. The molecule has 0 unspecified atom stereocenters. The molecule has 0 saturated carbocycles. The Morgan fingerprint density at radius 2 is 1.87 bits per heavy atom. The first kappa shape index (κ1) is 16.8. The molecule has 2 aromatic rings. The number of nitrogens with one attached hydrogen (secondary N) is 1. The SMILES string of the molecule is CC(C)(C)OC(=O)NCc1cncc(OCc2ccccc2)c1. The largest absolute Gasteiger partial charge is 0.487 e. The molecule has 122 valence electrons. The summed E-state index contributed by atoms with van der Waals surface area (Å²) in [5.41, 5.74) is 1.43. The standard InChI is InChI=1S/C18H22N2O3/c1-18(2,3)23-17(21)20-11-15-9-16(12-19-10-15)22-13-14-7-5-4-6-8-14/h4-10,12H,11,13H2,1-3H3,(H,20,21). The molecule has 0 radical (unpaired) electrons. The summed E-state index contributed by atoms with van der Waals surface area (Å²) >= 11 is 0. The molecule has 23 heavy (non-hydrogen) atoms. The van der Waals surface area contributed by atoms with Crippen molar-refractivity contribution in [2.45, 2.75) is 39.5 Å². The molecule has 0 fully saturated rings. The van der Waals surface area contributed by atoms with Crippen molar-refractivity contribution in [1.82, 2.24) is 10.3 Å². The van der Waals surface area contributed by atoms with Gasteiger partial charge in [0.1, 0.15) is 18.0 Å². The van der Waals surface area contributed by atoms with Crippen molar-refractivity contribution in [3.05, 3.63) is 59.9 Å². The number of ether oxygens (including phenoxy) is 2. The maximum atomic E-state index is 11.6. The lowest BCUT2D eigenvalue weighted by Gasteiger charge is -2.19. The summed E-state index contributed by atoms with van der Waals surface area (Å²) in [4.78, 5) is 15.8. The van der Waals surface area contributed by atoms with Crippen molar-refractivity contribution in [3.63, 3.8) is 0 Å². The molecule has 0 bridgehead atoms. The van der Waals surface area contributed by atoms with E-state index in [9.17, 15) is 4.79 Å². The van der Waals surface area contributed by atoms with E-state index in [0.717, 1.165) is 11.1 Å². The number of nitrogens with zero attached hydrogens (tertiary/aromatic N) is 1. The molecule has 0 saturated heterocycles. The summed E-state index contributed by atoms with van der Waals surface area (Å²) in [6, 6.07) is 11.8. The zero-order chi connectivity index (χ0) is 16.7. The molecule has 5 heteroatoms. The fraction of sp³-hybridized carbons (Fsp3) is 0.333. The van der Waals surface area contributed by atoms with Crippen molar-refractivity contribution in [2.24, 2.45) is 0 Å². The Balaban J connectivity index is 1.86. The van der Waals surface area contributed by atoms with Crippen LogP contribution >= 0.6 is 0 Å². The van der Waals surface area contributed by atoms with Crippen LogP contribution < -0.4 is 10.1 Å². The topological polar surface area (TPSA) is 60.5 Å². The summed E-state index contributed by atoms with van der Waals surface area (Å²) in [5.74, 6) is 0.664. The van der Waals surface area contributed by atoms with Crippen molar-refractivity contribution in [3.8, 4) is 5.75 Å². The fourth-order valence-electron chi connectivity index (χ4n) is 1.87. The van der Waals surface area contributed by atoms with Crippen molar-refractivity contribution in [2.75, 3.05) is 0 Å². The quantitative estimate of drug-likeness (QED) is 0.914. The van der Waals surface area contributed by atoms with Gasteiger partial charge in [0.05, 0.1) is 6.20 Å². The fourth-order valence-corrected chi connectivity index (χ4v) is 1.87. The highest BCUT2D eigenvalue weighted by atomic mass is 16.6. The first-order chi connectivity index (χ1) is 10.9. The lowest BCUT2D eigenvalue weighted by molar-refractivity contribution is 0.0523. The van der Waals surface area contributed by atoms with E-state index in [1.807, 2.05) is 57.2 Å². The second-order valence-electron chi connectivity index (χ2n) is 6.16. The van der Waals surface area contributed by atoms with Gasteiger partial charge in [-0.15, -0.1) is 0 Å². The zero-order valence-electron chi connectivity index (χ0n) is 13.7. The van der Waals surface area contributed by atoms with E-state index in [0.29, 0.717) is 18.9 Å². The van der Waals surface area contributed by atoms with Crippen LogP contribution in [0.2, 0.25) is 0 Å². The van der Waals surface area contributed by atoms with Gasteiger partial charge in [0.15, 0.2) is 0 Å². The molecule has 1 heterocycles. The van der Waals surface area contributed by atoms with E-state index in [-0.39, 0.29) is 0 Å². The first-order valence-electron chi connectivity index (χ1n) is 7.50. The molecular formula is C18H22N2O3. The molecule has 1 aromatic heterocycles. The summed E-state index contributed by atoms with van der Waals surface area (Å²) in [6.45, 7) is 6.29. The van der Waals surface area contributed by atoms with E-state index >= 15 is 0 Å². The molecule has 5 nitrogen and oxygen atoms in total. The Morgan fingerprint density at radius 3 is 2.57 bits per heavy atom. The number of pyridine rings is 1. The number of hydrogen-bond acceptors (Lipinski definition) is 4. The normalized spacial score (nSPS) is 10.9. The Bertz CT molecular complexity index is 636. The van der Waals surface area contributed by atoms with Crippen LogP contribution in [0.5, 0.6) is 5.75 Å². The van der Waals surface area contributed by atoms with Gasteiger partial charge < -0.3 is 14.8 Å². The Hall–Kier alpha value is -2.56. The third kappa shape index (κ3) is 6.38. The third-order valence-corrected chi connectivity index (χ3v) is 2.85. The van der Waals surface area contributed by atoms with Gasteiger partial charge in [-0.2, -0.15) is 0 Å². The number of amides is 1. The summed E-state index contributed by atoms with van der Waals surface area (Å²) in [7, 11) is 0. The zero-order valence-corrected chi connectivity index (χ0v) is 13.7. The van der Waals surface area contributed by atoms with Gasteiger partial charge in [-0.1, -0.05) is 30.3 Å². The highest BCUT2D eigenvalue weighted by Gasteiger charge is 2.15. The maximum Gasteiger partial charge on any atom is 0.407 e. The van der Waals surface area contributed by atoms with Crippen LogP contribution in [0.4, 0.5) is 4.79 Å². The molecule has 1 N–H and O–H groups in total. The predicted molar refractivity (Wildman–Crippen MR) is 88.1 cm³/mol. The van der Waals surface area contributed by atoms with Crippen LogP contribution in [0.15, 0.2) is 48.8 Å². The van der Waals surface area contributed by atoms with E-state index in [2.05, 4.69) is 10.3 Å². The van der Waals surface area contributed by atoms with Crippen molar-refractivity contribution in [1.29, 1.82) is 0 Å². The van der Waals surface area contributed by atoms with Crippen LogP contribution in [0.25, 0.3) is 0 Å². The van der Waals surface area contributed by atoms with Crippen LogP contribution in [-0.4, -0.2) is 16.7 Å². The average Bonchev–Trinajstić information content (AvgIpc) is 2.51. The number of alkyl carbamates (subject to hydrolysis) is 1. The smallest absolute Gasteiger partial charge is 0.407 e. The molecule has 0 atom stereocenters. The van der Waals surface area contributed by atoms with Gasteiger partial charge in [0, 0.05) is 12.7 Å². The number of carbonyl (C=O) groups is 1. The maximum absolute atomic E-state index is 11.6. The molecule has 2 rings (SSSR count). The van der Waals surface area contributed by atoms with E-state index in [1.54, 1.807) is 12.4 Å². The highest BCUT2D eigenvalue weighted by Crippen LogP contribution is 2.14. The monoisotopic (exact) mass is 314 g/mol. The van der Waals surface area contributed by atoms with Gasteiger partial charge in [-0.05, 0) is 38.0 Å². The minimum absolute atomic E-state index is 0.338. The van der Waals surface area contributed by atoms with E-state index in [4.69, 9.17) is 9.47 Å². The third-order valence-electron chi connectivity index (χ3n) is 2.85. The minimum atomic E-state index is -0.511. The second kappa shape index (κ2) is 7.63. The number of benzene rings is 1. The second-order valence-corrected chi connectivity index (χ2v) is 6.16. The Morgan fingerprint density at radius 1 is 1.13 bits per heavy atom. The van der Waals surface area contributed by atoms with Crippen molar-refractivity contribution < 1.29 is 14.3 Å². The molecule has 0 aliphatic carbocycles. The highest BCUT2D eigenvalue weighted by molar-refractivity contribution is 5.67. The summed E-state index contributed by atoms with van der Waals surface area (Å²) in [6.07, 6.45) is 2.89. The van der Waals surface area contributed by atoms with Gasteiger partial charge in [0.25, 0.3) is 0 Å². The molecule has 1 aromatic carbocycles. The number of rotatable bonds is 5. The minimum Gasteiger partial charge on any atom is -0.487 e. The molecule has 0 aliphatic rings. The number of aromatic nitrogens is 1. The van der Waals surface area contributed by atoms with Gasteiger partial charge >= 0.3 is 6.09 Å². The molecule has 1 amide bonds. The lowest BCUT2D eigenvalue weighted by atomic mass is 10.2. The van der Waals surface area contributed by atoms with Gasteiger partial charge in [0.2, 0.25) is 0 Å². The Kier molecular flexibility index (Phi) is 5.57. The molecule has 0 aliphatic heterocycles. The number of carbonyl (C=O) groups excluding carboxylic acids is 1. The summed E-state index contributed by atoms with van der Waals surface area (Å²) < 4.78 is 10.9.